The van der Waals surface area contributed by atoms with Gasteiger partial charge in [0.05, 0.1) is 6.42 Å². The van der Waals surface area contributed by atoms with Gasteiger partial charge in [0.25, 0.3) is 0 Å². The molecule has 0 amide bonds. The minimum Gasteiger partial charge on any atom is -0.386 e. The van der Waals surface area contributed by atoms with E-state index in [2.05, 4.69) is 0 Å². The minimum atomic E-state index is -4.19. The standard InChI is InChI=1S/C21H19O5P/c22-21(17-16-18-10-4-1-5-11-18)26-27(23,24-19-12-6-2-7-13-19)25-20-14-8-3-9-15-20/h1-15H,16-17H2. The summed E-state index contributed by atoms with van der Waals surface area (Å²) < 4.78 is 29.1. The predicted octanol–water partition coefficient (Wildman–Crippen LogP) is 5.43. The Bertz CT molecular complexity index is 852. The van der Waals surface area contributed by atoms with Crippen molar-refractivity contribution >= 4 is 13.8 Å². The molecular formula is C21H19O5P. The zero-order chi connectivity index (χ0) is 19.0. The van der Waals surface area contributed by atoms with E-state index in [1.165, 1.54) is 0 Å². The van der Waals surface area contributed by atoms with Gasteiger partial charge >= 0.3 is 13.8 Å². The number of para-hydroxylation sites is 2. The summed E-state index contributed by atoms with van der Waals surface area (Å²) in [6.07, 6.45) is 0.528. The highest BCUT2D eigenvalue weighted by Gasteiger charge is 2.35. The maximum Gasteiger partial charge on any atom is 0.649 e. The van der Waals surface area contributed by atoms with Crippen LogP contribution in [0.4, 0.5) is 0 Å². The first-order valence-electron chi connectivity index (χ1n) is 8.49. The van der Waals surface area contributed by atoms with E-state index in [4.69, 9.17) is 13.6 Å². The van der Waals surface area contributed by atoms with Crippen LogP contribution >= 0.6 is 7.82 Å². The van der Waals surface area contributed by atoms with Crippen LogP contribution in [-0.4, -0.2) is 5.97 Å². The molecule has 3 aromatic rings. The van der Waals surface area contributed by atoms with E-state index in [9.17, 15) is 9.36 Å². The smallest absolute Gasteiger partial charge is 0.386 e. The van der Waals surface area contributed by atoms with Gasteiger partial charge in [0.2, 0.25) is 0 Å². The van der Waals surface area contributed by atoms with E-state index in [1.54, 1.807) is 60.7 Å². The van der Waals surface area contributed by atoms with E-state index in [0.717, 1.165) is 5.56 Å². The first-order chi connectivity index (χ1) is 13.1. The number of aryl methyl sites for hydroxylation is 1. The molecule has 0 fully saturated rings. The van der Waals surface area contributed by atoms with Crippen LogP contribution in [0, 0.1) is 0 Å². The van der Waals surface area contributed by atoms with Crippen molar-refractivity contribution in [3.63, 3.8) is 0 Å². The van der Waals surface area contributed by atoms with Crippen LogP contribution < -0.4 is 9.05 Å². The number of hydrogen-bond acceptors (Lipinski definition) is 5. The zero-order valence-electron chi connectivity index (χ0n) is 14.6. The van der Waals surface area contributed by atoms with Crippen LogP contribution in [0.15, 0.2) is 91.0 Å². The van der Waals surface area contributed by atoms with Gasteiger partial charge < -0.3 is 13.6 Å². The highest BCUT2D eigenvalue weighted by molar-refractivity contribution is 7.50. The average molecular weight is 382 g/mol. The Hall–Kier alpha value is -3.04. The molecule has 0 N–H and O–H groups in total. The molecule has 0 aromatic heterocycles. The summed E-state index contributed by atoms with van der Waals surface area (Å²) in [5, 5.41) is 0. The van der Waals surface area contributed by atoms with Gasteiger partial charge in [0.1, 0.15) is 11.5 Å². The first-order valence-corrected chi connectivity index (χ1v) is 9.95. The van der Waals surface area contributed by atoms with Gasteiger partial charge in [0, 0.05) is 0 Å². The molecule has 0 heterocycles. The van der Waals surface area contributed by atoms with E-state index in [1.807, 2.05) is 30.3 Å². The van der Waals surface area contributed by atoms with Gasteiger partial charge in [-0.25, -0.2) is 0 Å². The Kier molecular flexibility index (Phi) is 6.29. The molecule has 5 nitrogen and oxygen atoms in total. The molecule has 0 aliphatic carbocycles. The number of hydrogen-bond donors (Lipinski definition) is 0. The molecule has 138 valence electrons. The molecule has 0 saturated heterocycles. The Morgan fingerprint density at radius 2 is 1.15 bits per heavy atom. The van der Waals surface area contributed by atoms with Gasteiger partial charge in [-0.05, 0) is 36.2 Å². The largest absolute Gasteiger partial charge is 0.649 e. The van der Waals surface area contributed by atoms with Crippen molar-refractivity contribution in [1.29, 1.82) is 0 Å². The van der Waals surface area contributed by atoms with Gasteiger partial charge in [-0.3, -0.25) is 4.79 Å². The number of benzene rings is 3. The van der Waals surface area contributed by atoms with Crippen LogP contribution in [0.25, 0.3) is 0 Å². The van der Waals surface area contributed by atoms with Gasteiger partial charge in [-0.15, -0.1) is 0 Å². The molecule has 0 unspecified atom stereocenters. The van der Waals surface area contributed by atoms with Crippen molar-refractivity contribution in [3.8, 4) is 11.5 Å². The minimum absolute atomic E-state index is 0.0598. The molecule has 0 saturated carbocycles. The maximum atomic E-state index is 13.1. The quantitative estimate of drug-likeness (QED) is 0.486. The predicted molar refractivity (Wildman–Crippen MR) is 103 cm³/mol. The monoisotopic (exact) mass is 382 g/mol. The van der Waals surface area contributed by atoms with Crippen LogP contribution in [0.1, 0.15) is 12.0 Å². The van der Waals surface area contributed by atoms with Gasteiger partial charge in [-0.1, -0.05) is 66.7 Å². The van der Waals surface area contributed by atoms with E-state index >= 15 is 0 Å². The highest BCUT2D eigenvalue weighted by atomic mass is 31.2. The fourth-order valence-corrected chi connectivity index (χ4v) is 3.55. The Morgan fingerprint density at radius 3 is 1.63 bits per heavy atom. The lowest BCUT2D eigenvalue weighted by atomic mass is 10.1. The summed E-state index contributed by atoms with van der Waals surface area (Å²) in [7, 11) is -4.19. The third kappa shape index (κ3) is 6.01. The van der Waals surface area contributed by atoms with Crippen LogP contribution in [0.2, 0.25) is 0 Å². The molecule has 0 atom stereocenters. The van der Waals surface area contributed by atoms with E-state index in [0.29, 0.717) is 6.42 Å². The molecular weight excluding hydrogens is 363 g/mol. The molecule has 27 heavy (non-hydrogen) atoms. The summed E-state index contributed by atoms with van der Waals surface area (Å²) in [4.78, 5) is 12.3. The molecule has 6 heteroatoms. The zero-order valence-corrected chi connectivity index (χ0v) is 15.5. The highest BCUT2D eigenvalue weighted by Crippen LogP contribution is 2.49. The third-order valence-corrected chi connectivity index (χ3v) is 4.89. The Labute approximate surface area is 158 Å². The van der Waals surface area contributed by atoms with Crippen molar-refractivity contribution in [3.05, 3.63) is 96.6 Å². The summed E-state index contributed by atoms with van der Waals surface area (Å²) >= 11 is 0. The van der Waals surface area contributed by atoms with Gasteiger partial charge in [0.15, 0.2) is 0 Å². The second-order valence-electron chi connectivity index (χ2n) is 5.70. The summed E-state index contributed by atoms with van der Waals surface area (Å²) in [6.45, 7) is 0. The summed E-state index contributed by atoms with van der Waals surface area (Å²) in [6, 6.07) is 26.4. The van der Waals surface area contributed by atoms with Crippen molar-refractivity contribution in [2.24, 2.45) is 0 Å². The number of carbonyl (C=O) groups excluding carboxylic acids is 1. The number of phosphoric acid groups is 1. The van der Waals surface area contributed by atoms with Crippen molar-refractivity contribution < 1.29 is 22.9 Å². The van der Waals surface area contributed by atoms with Crippen LogP contribution in [0.5, 0.6) is 11.5 Å². The number of carbonyl (C=O) groups is 1. The third-order valence-electron chi connectivity index (χ3n) is 3.60. The molecule has 3 aromatic carbocycles. The second kappa shape index (κ2) is 9.06. The molecule has 0 radical (unpaired) electrons. The number of phosphoric ester groups is 1. The SMILES string of the molecule is O=C(CCc1ccccc1)OP(=O)(Oc1ccccc1)Oc1ccccc1. The lowest BCUT2D eigenvalue weighted by Crippen LogP contribution is -2.11. The van der Waals surface area contributed by atoms with Crippen molar-refractivity contribution in [1.82, 2.24) is 0 Å². The summed E-state index contributed by atoms with van der Waals surface area (Å²) in [5.74, 6) is -0.0886. The normalized spacial score (nSPS) is 10.8. The lowest BCUT2D eigenvalue weighted by Gasteiger charge is -2.18. The van der Waals surface area contributed by atoms with Crippen LogP contribution in [0.3, 0.4) is 0 Å². The van der Waals surface area contributed by atoms with Crippen LogP contribution in [-0.2, 0) is 20.3 Å². The Balaban J connectivity index is 1.70. The fourth-order valence-electron chi connectivity index (χ4n) is 2.34. The van der Waals surface area contributed by atoms with E-state index < -0.39 is 13.8 Å². The van der Waals surface area contributed by atoms with E-state index in [-0.39, 0.29) is 17.9 Å². The van der Waals surface area contributed by atoms with Crippen molar-refractivity contribution in [2.75, 3.05) is 0 Å². The molecule has 0 aliphatic heterocycles. The molecule has 0 spiro atoms. The van der Waals surface area contributed by atoms with Gasteiger partial charge in [-0.2, -0.15) is 4.57 Å². The fraction of sp³-hybridized carbons (Fsp3) is 0.0952. The summed E-state index contributed by atoms with van der Waals surface area (Å²) in [5.41, 5.74) is 0.984. The Morgan fingerprint density at radius 1 is 0.704 bits per heavy atom. The average Bonchev–Trinajstić information content (AvgIpc) is 2.68. The molecule has 3 rings (SSSR count). The maximum absolute atomic E-state index is 13.1. The topological polar surface area (TPSA) is 61.8 Å². The first kappa shape index (κ1) is 18.7. The molecule has 0 bridgehead atoms. The number of rotatable bonds is 8. The lowest BCUT2D eigenvalue weighted by molar-refractivity contribution is -0.135. The second-order valence-corrected chi connectivity index (χ2v) is 7.15. The molecule has 0 aliphatic rings. The van der Waals surface area contributed by atoms with Crippen molar-refractivity contribution in [2.45, 2.75) is 12.8 Å².